The maximum Gasteiger partial charge on any atom is 0.416 e. The number of anilines is 1. The Hall–Kier alpha value is -3.14. The first-order valence-corrected chi connectivity index (χ1v) is 10.4. The molecular formula is C21H18F3N3O3S. The van der Waals surface area contributed by atoms with Gasteiger partial charge in [0.05, 0.1) is 12.1 Å². The number of hydrogen-bond acceptors (Lipinski definition) is 5. The van der Waals surface area contributed by atoms with Crippen LogP contribution in [0.5, 0.6) is 0 Å². The van der Waals surface area contributed by atoms with E-state index in [1.807, 2.05) is 0 Å². The van der Waals surface area contributed by atoms with Crippen molar-refractivity contribution in [3.8, 4) is 11.5 Å². The summed E-state index contributed by atoms with van der Waals surface area (Å²) in [4.78, 5) is 27.8. The van der Waals surface area contributed by atoms with Crippen LogP contribution in [0.1, 0.15) is 36.1 Å². The van der Waals surface area contributed by atoms with Crippen molar-refractivity contribution in [3.05, 3.63) is 58.7 Å². The fourth-order valence-corrected chi connectivity index (χ4v) is 4.07. The summed E-state index contributed by atoms with van der Waals surface area (Å²) < 4.78 is 45.3. The molecule has 4 rings (SSSR count). The van der Waals surface area contributed by atoms with Crippen LogP contribution in [0.3, 0.4) is 0 Å². The highest BCUT2D eigenvalue weighted by Crippen LogP contribution is 2.51. The van der Waals surface area contributed by atoms with Crippen molar-refractivity contribution in [1.29, 1.82) is 0 Å². The fourth-order valence-electron chi connectivity index (χ4n) is 3.37. The van der Waals surface area contributed by atoms with Crippen molar-refractivity contribution in [1.82, 2.24) is 10.3 Å². The van der Waals surface area contributed by atoms with Gasteiger partial charge in [0.2, 0.25) is 11.8 Å². The normalized spacial score (nSPS) is 17.9. The molecule has 2 N–H and O–H groups in total. The molecule has 2 atom stereocenters. The zero-order valence-electron chi connectivity index (χ0n) is 16.3. The highest BCUT2D eigenvalue weighted by atomic mass is 32.1. The van der Waals surface area contributed by atoms with Gasteiger partial charge in [-0.3, -0.25) is 9.59 Å². The smallest absolute Gasteiger partial charge is 0.416 e. The van der Waals surface area contributed by atoms with Crippen molar-refractivity contribution in [3.63, 3.8) is 0 Å². The molecule has 6 nitrogen and oxygen atoms in total. The van der Waals surface area contributed by atoms with E-state index in [4.69, 9.17) is 4.42 Å². The highest BCUT2D eigenvalue weighted by Gasteiger charge is 2.48. The van der Waals surface area contributed by atoms with Crippen LogP contribution in [0.25, 0.3) is 11.5 Å². The number of aromatic nitrogens is 1. The van der Waals surface area contributed by atoms with Crippen LogP contribution in [0, 0.1) is 5.92 Å². The van der Waals surface area contributed by atoms with Gasteiger partial charge in [0.1, 0.15) is 11.5 Å². The van der Waals surface area contributed by atoms with Crippen LogP contribution in [-0.2, 0) is 22.3 Å². The minimum atomic E-state index is -4.45. The van der Waals surface area contributed by atoms with E-state index in [1.54, 1.807) is 23.6 Å². The van der Waals surface area contributed by atoms with Crippen LogP contribution in [-0.4, -0.2) is 16.8 Å². The summed E-state index contributed by atoms with van der Waals surface area (Å²) in [5.41, 5.74) is -0.0267. The zero-order valence-corrected chi connectivity index (χ0v) is 17.1. The number of amides is 2. The molecule has 2 unspecified atom stereocenters. The molecule has 2 amide bonds. The van der Waals surface area contributed by atoms with Crippen molar-refractivity contribution < 1.29 is 27.2 Å². The number of nitrogens with zero attached hydrogens (tertiary/aromatic N) is 1. The summed E-state index contributed by atoms with van der Waals surface area (Å²) in [6.45, 7) is 1.66. The molecule has 0 saturated heterocycles. The summed E-state index contributed by atoms with van der Waals surface area (Å²) in [6, 6.07) is 8.79. The third-order valence-electron chi connectivity index (χ3n) is 4.95. The maximum absolute atomic E-state index is 13.2. The number of benzene rings is 1. The lowest BCUT2D eigenvalue weighted by Crippen LogP contribution is -2.18. The van der Waals surface area contributed by atoms with E-state index in [0.717, 1.165) is 6.07 Å². The largest absolute Gasteiger partial charge is 0.458 e. The Morgan fingerprint density at radius 2 is 2.00 bits per heavy atom. The van der Waals surface area contributed by atoms with E-state index >= 15 is 0 Å². The minimum Gasteiger partial charge on any atom is -0.458 e. The number of rotatable bonds is 6. The maximum atomic E-state index is 13.2. The van der Waals surface area contributed by atoms with Gasteiger partial charge in [-0.25, -0.2) is 4.98 Å². The fraction of sp³-hybridized carbons (Fsp3) is 0.286. The highest BCUT2D eigenvalue weighted by molar-refractivity contribution is 7.14. The molecule has 0 spiro atoms. The van der Waals surface area contributed by atoms with Gasteiger partial charge in [-0.2, -0.15) is 13.2 Å². The van der Waals surface area contributed by atoms with Gasteiger partial charge in [0.15, 0.2) is 10.9 Å². The van der Waals surface area contributed by atoms with Crippen molar-refractivity contribution >= 4 is 28.3 Å². The van der Waals surface area contributed by atoms with Crippen LogP contribution in [0.2, 0.25) is 0 Å². The molecule has 0 aliphatic heterocycles. The van der Waals surface area contributed by atoms with Gasteiger partial charge in [0, 0.05) is 18.2 Å². The molecule has 1 aliphatic rings. The molecule has 0 radical (unpaired) electrons. The summed E-state index contributed by atoms with van der Waals surface area (Å²) >= 11 is 1.20. The zero-order chi connectivity index (χ0) is 22.2. The predicted octanol–water partition coefficient (Wildman–Crippen LogP) is 4.80. The molecule has 1 aromatic carbocycles. The molecule has 31 heavy (non-hydrogen) atoms. The molecule has 2 heterocycles. The Balaban J connectivity index is 1.39. The van der Waals surface area contributed by atoms with Gasteiger partial charge in [-0.15, -0.1) is 11.3 Å². The minimum absolute atomic E-state index is 0.150. The molecule has 1 fully saturated rings. The lowest BCUT2D eigenvalue weighted by Gasteiger charge is -2.12. The Morgan fingerprint density at radius 3 is 2.74 bits per heavy atom. The molecular weight excluding hydrogens is 431 g/mol. The van der Waals surface area contributed by atoms with Crippen LogP contribution >= 0.6 is 11.3 Å². The average Bonchev–Trinajstić information content (AvgIpc) is 3.14. The van der Waals surface area contributed by atoms with Gasteiger partial charge in [-0.05, 0) is 36.1 Å². The number of carbonyl (C=O) groups is 2. The molecule has 0 bridgehead atoms. The molecule has 162 valence electrons. The summed E-state index contributed by atoms with van der Waals surface area (Å²) in [5, 5.41) is 7.37. The van der Waals surface area contributed by atoms with E-state index in [9.17, 15) is 22.8 Å². The number of carbonyl (C=O) groups excluding carboxylic acids is 2. The molecule has 3 aromatic rings. The predicted molar refractivity (Wildman–Crippen MR) is 108 cm³/mol. The van der Waals surface area contributed by atoms with Gasteiger partial charge >= 0.3 is 6.18 Å². The van der Waals surface area contributed by atoms with E-state index in [0.29, 0.717) is 28.8 Å². The lowest BCUT2D eigenvalue weighted by atomic mass is 10.0. The number of nitrogens with one attached hydrogen (secondary N) is 2. The summed E-state index contributed by atoms with van der Waals surface area (Å²) in [7, 11) is 0. The van der Waals surface area contributed by atoms with Crippen molar-refractivity contribution in [2.45, 2.75) is 32.0 Å². The Kier molecular flexibility index (Phi) is 5.57. The van der Waals surface area contributed by atoms with Crippen molar-refractivity contribution in [2.75, 3.05) is 5.32 Å². The second-order valence-electron chi connectivity index (χ2n) is 7.24. The van der Waals surface area contributed by atoms with Crippen LogP contribution in [0.15, 0.2) is 46.2 Å². The van der Waals surface area contributed by atoms with Gasteiger partial charge in [-0.1, -0.05) is 18.2 Å². The third-order valence-corrected chi connectivity index (χ3v) is 5.71. The number of furan rings is 1. The summed E-state index contributed by atoms with van der Waals surface area (Å²) in [5.74, 6) is -0.461. The topological polar surface area (TPSA) is 84.2 Å². The number of alkyl halides is 3. The second kappa shape index (κ2) is 8.18. The Morgan fingerprint density at radius 1 is 1.23 bits per heavy atom. The van der Waals surface area contributed by atoms with E-state index in [1.165, 1.54) is 30.4 Å². The Labute approximate surface area is 179 Å². The number of hydrogen-bond donors (Lipinski definition) is 2. The van der Waals surface area contributed by atoms with Crippen LogP contribution < -0.4 is 10.6 Å². The van der Waals surface area contributed by atoms with E-state index in [2.05, 4.69) is 15.6 Å². The third kappa shape index (κ3) is 4.79. The second-order valence-corrected chi connectivity index (χ2v) is 8.09. The quantitative estimate of drug-likeness (QED) is 0.566. The van der Waals surface area contributed by atoms with Gasteiger partial charge < -0.3 is 15.1 Å². The molecule has 10 heteroatoms. The van der Waals surface area contributed by atoms with E-state index in [-0.39, 0.29) is 23.9 Å². The first kappa shape index (κ1) is 21.1. The standard InChI is InChI=1S/C21H18F3N3O3S/c1-11(28)25-9-12-6-7-18(30-12)17-10-31-20(26-17)27-19(29)15-8-14(15)13-4-2-3-5-16(13)21(22,23)24/h2-7,10,14-15H,8-9H2,1H3,(H,25,28)(H,26,27,29). The van der Waals surface area contributed by atoms with Crippen molar-refractivity contribution in [2.24, 2.45) is 5.92 Å². The monoisotopic (exact) mass is 449 g/mol. The Bertz CT molecular complexity index is 1120. The van der Waals surface area contributed by atoms with Crippen LogP contribution in [0.4, 0.5) is 18.3 Å². The average molecular weight is 449 g/mol. The summed E-state index contributed by atoms with van der Waals surface area (Å²) in [6.07, 6.45) is -4.09. The number of thiazole rings is 1. The lowest BCUT2D eigenvalue weighted by molar-refractivity contribution is -0.138. The number of halogens is 3. The van der Waals surface area contributed by atoms with E-state index < -0.39 is 23.6 Å². The first-order chi connectivity index (χ1) is 14.7. The van der Waals surface area contributed by atoms with Gasteiger partial charge in [0.25, 0.3) is 0 Å². The molecule has 1 saturated carbocycles. The molecule has 1 aliphatic carbocycles. The molecule has 2 aromatic heterocycles. The first-order valence-electron chi connectivity index (χ1n) is 9.48. The SMILES string of the molecule is CC(=O)NCc1ccc(-c2csc(NC(=O)C3CC3c3ccccc3C(F)(F)F)n2)o1.